The molecular formula is C17H19N5O3. The first-order valence-electron chi connectivity index (χ1n) is 7.81. The zero-order chi connectivity index (χ0) is 18.4. The van der Waals surface area contributed by atoms with Crippen LogP contribution >= 0.6 is 0 Å². The molecule has 8 nitrogen and oxygen atoms in total. The Morgan fingerprint density at radius 2 is 2.16 bits per heavy atom. The van der Waals surface area contributed by atoms with Gasteiger partial charge in [0.1, 0.15) is 11.9 Å². The highest BCUT2D eigenvalue weighted by atomic mass is 16.5. The van der Waals surface area contributed by atoms with E-state index in [2.05, 4.69) is 20.4 Å². The molecule has 1 aromatic carbocycles. The Bertz CT molecular complexity index is 876. The number of amides is 1. The molecule has 25 heavy (non-hydrogen) atoms. The summed E-state index contributed by atoms with van der Waals surface area (Å²) in [6, 6.07) is 6.91. The summed E-state index contributed by atoms with van der Waals surface area (Å²) in [5.74, 6) is -0.291. The molecular weight excluding hydrogens is 322 g/mol. The Morgan fingerprint density at radius 3 is 2.80 bits per heavy atom. The van der Waals surface area contributed by atoms with Crippen molar-refractivity contribution in [1.82, 2.24) is 20.4 Å². The lowest BCUT2D eigenvalue weighted by Crippen LogP contribution is -2.34. The first-order valence-corrected chi connectivity index (χ1v) is 7.81. The van der Waals surface area contributed by atoms with Crippen molar-refractivity contribution in [2.24, 2.45) is 0 Å². The van der Waals surface area contributed by atoms with Gasteiger partial charge >= 0.3 is 5.97 Å². The van der Waals surface area contributed by atoms with E-state index in [1.54, 1.807) is 25.1 Å². The van der Waals surface area contributed by atoms with E-state index in [1.165, 1.54) is 0 Å². The van der Waals surface area contributed by atoms with Gasteiger partial charge in [0.15, 0.2) is 5.57 Å². The minimum atomic E-state index is -0.756. The van der Waals surface area contributed by atoms with Gasteiger partial charge in [-0.3, -0.25) is 10.2 Å². The van der Waals surface area contributed by atoms with Crippen LogP contribution in [0.4, 0.5) is 0 Å². The third-order valence-corrected chi connectivity index (χ3v) is 3.54. The van der Waals surface area contributed by atoms with Gasteiger partial charge in [0.2, 0.25) is 0 Å². The van der Waals surface area contributed by atoms with E-state index in [9.17, 15) is 9.59 Å². The smallest absolute Gasteiger partial charge is 0.350 e. The number of aryl methyl sites for hydroxylation is 2. The van der Waals surface area contributed by atoms with Gasteiger partial charge in [-0.15, -0.1) is 0 Å². The average Bonchev–Trinajstić information content (AvgIpc) is 2.92. The van der Waals surface area contributed by atoms with Crippen molar-refractivity contribution in [2.75, 3.05) is 6.61 Å². The zero-order valence-corrected chi connectivity index (χ0v) is 14.3. The molecule has 0 saturated heterocycles. The fourth-order valence-corrected chi connectivity index (χ4v) is 2.38. The second-order valence-electron chi connectivity index (χ2n) is 5.10. The number of imidazole rings is 1. The molecule has 0 spiro atoms. The molecule has 0 atom stereocenters. The predicted octanol–water partition coefficient (Wildman–Crippen LogP) is 1.57. The van der Waals surface area contributed by atoms with E-state index in [0.29, 0.717) is 5.56 Å². The molecule has 2 aromatic rings. The van der Waals surface area contributed by atoms with E-state index < -0.39 is 11.9 Å². The fourth-order valence-electron chi connectivity index (χ4n) is 2.38. The van der Waals surface area contributed by atoms with Crippen LogP contribution in [0.25, 0.3) is 11.0 Å². The summed E-state index contributed by atoms with van der Waals surface area (Å²) in [5, 5.41) is 8.89. The normalized spacial score (nSPS) is 11.0. The molecule has 0 aliphatic heterocycles. The molecule has 0 fully saturated rings. The number of nitriles is 1. The summed E-state index contributed by atoms with van der Waals surface area (Å²) >= 11 is 0. The maximum absolute atomic E-state index is 12.2. The van der Waals surface area contributed by atoms with Gasteiger partial charge in [-0.05, 0) is 39.0 Å². The number of nitrogens with one attached hydrogen (secondary N) is 2. The van der Waals surface area contributed by atoms with Gasteiger partial charge in [0.25, 0.3) is 5.91 Å². The van der Waals surface area contributed by atoms with Crippen LogP contribution in [0, 0.1) is 18.3 Å². The third-order valence-electron chi connectivity index (χ3n) is 3.54. The summed E-state index contributed by atoms with van der Waals surface area (Å²) in [5.41, 5.74) is 6.69. The van der Waals surface area contributed by atoms with E-state index in [-0.39, 0.29) is 12.2 Å². The minimum Gasteiger partial charge on any atom is -0.462 e. The number of carbonyl (C=O) groups excluding carboxylic acids is 2. The van der Waals surface area contributed by atoms with E-state index in [1.807, 2.05) is 19.9 Å². The number of aromatic nitrogens is 2. The maximum atomic E-state index is 12.2. The van der Waals surface area contributed by atoms with Crippen LogP contribution in [0.15, 0.2) is 30.0 Å². The lowest BCUT2D eigenvalue weighted by Gasteiger charge is -2.06. The summed E-state index contributed by atoms with van der Waals surface area (Å²) in [6.45, 7) is 6.54. The van der Waals surface area contributed by atoms with Crippen LogP contribution in [-0.4, -0.2) is 28.0 Å². The van der Waals surface area contributed by atoms with Crippen molar-refractivity contribution < 1.29 is 14.3 Å². The number of hydrogen-bond donors (Lipinski definition) is 2. The second kappa shape index (κ2) is 7.97. The van der Waals surface area contributed by atoms with Crippen molar-refractivity contribution in [3.8, 4) is 6.07 Å². The van der Waals surface area contributed by atoms with Crippen molar-refractivity contribution >= 4 is 22.9 Å². The number of hydrogen-bond acceptors (Lipinski definition) is 6. The number of carbonyl (C=O) groups is 2. The van der Waals surface area contributed by atoms with Gasteiger partial charge < -0.3 is 14.7 Å². The second-order valence-corrected chi connectivity index (χ2v) is 5.10. The molecule has 1 heterocycles. The van der Waals surface area contributed by atoms with Gasteiger partial charge in [0.05, 0.1) is 17.6 Å². The first-order chi connectivity index (χ1) is 12.0. The van der Waals surface area contributed by atoms with Crippen LogP contribution in [0.5, 0.6) is 0 Å². The van der Waals surface area contributed by atoms with Gasteiger partial charge in [-0.25, -0.2) is 9.78 Å². The van der Waals surface area contributed by atoms with Crippen molar-refractivity contribution in [3.63, 3.8) is 0 Å². The SMILES string of the molecule is CCOC(=O)/C(C#N)=C/NNC(=O)c1ccc2c(c1)nc(C)n2CC. The van der Waals surface area contributed by atoms with E-state index in [0.717, 1.165) is 29.6 Å². The Kier molecular flexibility index (Phi) is 5.74. The minimum absolute atomic E-state index is 0.161. The lowest BCUT2D eigenvalue weighted by atomic mass is 10.2. The molecule has 0 saturated carbocycles. The highest BCUT2D eigenvalue weighted by Gasteiger charge is 2.12. The third kappa shape index (κ3) is 3.95. The molecule has 8 heteroatoms. The zero-order valence-electron chi connectivity index (χ0n) is 14.3. The molecule has 0 radical (unpaired) electrons. The van der Waals surface area contributed by atoms with Crippen LogP contribution < -0.4 is 10.9 Å². The standard InChI is InChI=1S/C17H19N5O3/c1-4-22-11(3)20-14-8-12(6-7-15(14)22)16(23)21-19-10-13(9-18)17(24)25-5-2/h6-8,10,19H,4-5H2,1-3H3,(H,21,23)/b13-10+. The quantitative estimate of drug-likeness (QED) is 0.357. The van der Waals surface area contributed by atoms with Crippen molar-refractivity contribution in [1.29, 1.82) is 5.26 Å². The number of esters is 1. The molecule has 1 amide bonds. The summed E-state index contributed by atoms with van der Waals surface area (Å²) in [7, 11) is 0. The average molecular weight is 341 g/mol. The summed E-state index contributed by atoms with van der Waals surface area (Å²) in [4.78, 5) is 28.1. The van der Waals surface area contributed by atoms with Crippen molar-refractivity contribution in [2.45, 2.75) is 27.3 Å². The topological polar surface area (TPSA) is 109 Å². The van der Waals surface area contributed by atoms with Crippen LogP contribution in [0.1, 0.15) is 30.0 Å². The van der Waals surface area contributed by atoms with Crippen LogP contribution in [0.2, 0.25) is 0 Å². The number of hydrazine groups is 1. The van der Waals surface area contributed by atoms with E-state index in [4.69, 9.17) is 10.00 Å². The molecule has 2 N–H and O–H groups in total. The van der Waals surface area contributed by atoms with Gasteiger partial charge in [-0.2, -0.15) is 5.26 Å². The van der Waals surface area contributed by atoms with Crippen LogP contribution in [0.3, 0.4) is 0 Å². The van der Waals surface area contributed by atoms with Gasteiger partial charge in [-0.1, -0.05) is 0 Å². The Hall–Kier alpha value is -3.34. The monoisotopic (exact) mass is 341 g/mol. The Labute approximate surface area is 145 Å². The molecule has 130 valence electrons. The Balaban J connectivity index is 2.10. The molecule has 0 aliphatic rings. The summed E-state index contributed by atoms with van der Waals surface area (Å²) in [6.07, 6.45) is 1.09. The number of fused-ring (bicyclic) bond motifs is 1. The van der Waals surface area contributed by atoms with Crippen molar-refractivity contribution in [3.05, 3.63) is 41.4 Å². The Morgan fingerprint density at radius 1 is 1.40 bits per heavy atom. The highest BCUT2D eigenvalue weighted by molar-refractivity contribution is 5.97. The predicted molar refractivity (Wildman–Crippen MR) is 91.1 cm³/mol. The maximum Gasteiger partial charge on any atom is 0.350 e. The van der Waals surface area contributed by atoms with E-state index >= 15 is 0 Å². The molecule has 0 unspecified atom stereocenters. The molecule has 1 aromatic heterocycles. The van der Waals surface area contributed by atoms with Crippen LogP contribution in [-0.2, 0) is 16.1 Å². The number of rotatable bonds is 6. The molecule has 0 aliphatic carbocycles. The highest BCUT2D eigenvalue weighted by Crippen LogP contribution is 2.17. The van der Waals surface area contributed by atoms with Gasteiger partial charge in [0, 0.05) is 18.3 Å². The number of ether oxygens (including phenoxy) is 1. The number of benzene rings is 1. The molecule has 2 rings (SSSR count). The fraction of sp³-hybridized carbons (Fsp3) is 0.294. The first kappa shape index (κ1) is 18.0. The lowest BCUT2D eigenvalue weighted by molar-refractivity contribution is -0.138. The molecule has 0 bridgehead atoms. The largest absolute Gasteiger partial charge is 0.462 e. The number of nitrogens with zero attached hydrogens (tertiary/aromatic N) is 3. The summed E-state index contributed by atoms with van der Waals surface area (Å²) < 4.78 is 6.77.